The summed E-state index contributed by atoms with van der Waals surface area (Å²) in [6.45, 7) is 5.05. The minimum atomic E-state index is 0.00861. The van der Waals surface area contributed by atoms with E-state index in [0.29, 0.717) is 0 Å². The lowest BCUT2D eigenvalue weighted by molar-refractivity contribution is 0.0898. The molecule has 16 heavy (non-hydrogen) atoms. The van der Waals surface area contributed by atoms with E-state index in [2.05, 4.69) is 41.9 Å². The summed E-state index contributed by atoms with van der Waals surface area (Å²) in [5.41, 5.74) is 9.96. The van der Waals surface area contributed by atoms with E-state index >= 15 is 0 Å². The van der Waals surface area contributed by atoms with Crippen LogP contribution in [0, 0.1) is 13.8 Å². The molecule has 2 N–H and O–H groups in total. The van der Waals surface area contributed by atoms with Crippen molar-refractivity contribution in [2.24, 2.45) is 5.73 Å². The van der Waals surface area contributed by atoms with Crippen LogP contribution in [0.15, 0.2) is 16.6 Å². The predicted octanol–water partition coefficient (Wildman–Crippen LogP) is 3.24. The molecule has 0 aliphatic carbocycles. The number of ether oxygens (including phenoxy) is 1. The molecule has 0 saturated carbocycles. The number of hydrogen-bond donors (Lipinski definition) is 1. The van der Waals surface area contributed by atoms with Crippen LogP contribution in [0.25, 0.3) is 0 Å². The fourth-order valence-electron chi connectivity index (χ4n) is 2.25. The Morgan fingerprint density at radius 3 is 2.75 bits per heavy atom. The van der Waals surface area contributed by atoms with Crippen LogP contribution in [0.1, 0.15) is 35.6 Å². The summed E-state index contributed by atoms with van der Waals surface area (Å²) in [7, 11) is 0. The molecule has 1 aliphatic heterocycles. The van der Waals surface area contributed by atoms with Gasteiger partial charge in [0.2, 0.25) is 0 Å². The Labute approximate surface area is 105 Å². The summed E-state index contributed by atoms with van der Waals surface area (Å²) in [5, 5.41) is 0. The van der Waals surface area contributed by atoms with Crippen molar-refractivity contribution < 1.29 is 4.74 Å². The highest BCUT2D eigenvalue weighted by atomic mass is 79.9. The van der Waals surface area contributed by atoms with Gasteiger partial charge in [0.05, 0.1) is 12.1 Å². The molecular weight excluding hydrogens is 266 g/mol. The monoisotopic (exact) mass is 283 g/mol. The molecule has 0 spiro atoms. The van der Waals surface area contributed by atoms with Crippen molar-refractivity contribution in [3.05, 3.63) is 33.3 Å². The second-order valence-corrected chi connectivity index (χ2v) is 5.39. The molecule has 2 unspecified atom stereocenters. The molecule has 0 aromatic heterocycles. The first-order chi connectivity index (χ1) is 7.59. The van der Waals surface area contributed by atoms with Crippen LogP contribution in [0.2, 0.25) is 0 Å². The Morgan fingerprint density at radius 2 is 2.12 bits per heavy atom. The standard InChI is InChI=1S/C13H18BrNO/c1-8-7-11(14)9(2)6-10(8)13(15)12-4-3-5-16-12/h6-7,12-13H,3-5,15H2,1-2H3. The van der Waals surface area contributed by atoms with Gasteiger partial charge in [0, 0.05) is 11.1 Å². The van der Waals surface area contributed by atoms with Gasteiger partial charge in [-0.3, -0.25) is 0 Å². The van der Waals surface area contributed by atoms with Crippen molar-refractivity contribution in [3.8, 4) is 0 Å². The van der Waals surface area contributed by atoms with Gasteiger partial charge in [-0.25, -0.2) is 0 Å². The summed E-state index contributed by atoms with van der Waals surface area (Å²) < 4.78 is 6.80. The van der Waals surface area contributed by atoms with Gasteiger partial charge in [-0.2, -0.15) is 0 Å². The lowest BCUT2D eigenvalue weighted by Gasteiger charge is -2.21. The van der Waals surface area contributed by atoms with Crippen LogP contribution < -0.4 is 5.73 Å². The van der Waals surface area contributed by atoms with Crippen molar-refractivity contribution in [3.63, 3.8) is 0 Å². The van der Waals surface area contributed by atoms with Gasteiger partial charge in [0.1, 0.15) is 0 Å². The number of hydrogen-bond acceptors (Lipinski definition) is 2. The summed E-state index contributed by atoms with van der Waals surface area (Å²) in [6.07, 6.45) is 2.40. The van der Waals surface area contributed by atoms with Gasteiger partial charge < -0.3 is 10.5 Å². The van der Waals surface area contributed by atoms with Crippen LogP contribution in [-0.2, 0) is 4.74 Å². The first-order valence-corrected chi connectivity index (χ1v) is 6.52. The van der Waals surface area contributed by atoms with E-state index in [-0.39, 0.29) is 12.1 Å². The number of benzene rings is 1. The van der Waals surface area contributed by atoms with Gasteiger partial charge in [-0.1, -0.05) is 22.0 Å². The normalized spacial score (nSPS) is 22.4. The number of rotatable bonds is 2. The van der Waals surface area contributed by atoms with E-state index < -0.39 is 0 Å². The van der Waals surface area contributed by atoms with Crippen molar-refractivity contribution in [1.82, 2.24) is 0 Å². The lowest BCUT2D eigenvalue weighted by Crippen LogP contribution is -2.26. The maximum atomic E-state index is 6.28. The molecule has 2 nitrogen and oxygen atoms in total. The number of halogens is 1. The Bertz CT molecular complexity index is 386. The zero-order valence-electron chi connectivity index (χ0n) is 9.79. The maximum Gasteiger partial charge on any atom is 0.0768 e. The Morgan fingerprint density at radius 1 is 1.38 bits per heavy atom. The highest BCUT2D eigenvalue weighted by Crippen LogP contribution is 2.30. The van der Waals surface area contributed by atoms with Crippen LogP contribution in [-0.4, -0.2) is 12.7 Å². The molecule has 0 amide bonds. The van der Waals surface area contributed by atoms with Crippen molar-refractivity contribution in [1.29, 1.82) is 0 Å². The second kappa shape index (κ2) is 4.86. The molecule has 1 heterocycles. The minimum Gasteiger partial charge on any atom is -0.376 e. The molecule has 1 fully saturated rings. The first kappa shape index (κ1) is 12.1. The zero-order valence-corrected chi connectivity index (χ0v) is 11.4. The molecular formula is C13H18BrNO. The fourth-order valence-corrected chi connectivity index (χ4v) is 2.71. The fraction of sp³-hybridized carbons (Fsp3) is 0.538. The molecule has 1 saturated heterocycles. The van der Waals surface area contributed by atoms with Crippen LogP contribution in [0.4, 0.5) is 0 Å². The molecule has 0 bridgehead atoms. The molecule has 2 rings (SSSR count). The molecule has 2 atom stereocenters. The van der Waals surface area contributed by atoms with Crippen molar-refractivity contribution in [2.45, 2.75) is 38.8 Å². The van der Waals surface area contributed by atoms with Crippen LogP contribution in [0.3, 0.4) is 0 Å². The van der Waals surface area contributed by atoms with Crippen molar-refractivity contribution >= 4 is 15.9 Å². The third kappa shape index (κ3) is 2.31. The lowest BCUT2D eigenvalue weighted by atomic mass is 9.95. The summed E-state index contributed by atoms with van der Waals surface area (Å²) in [5.74, 6) is 0. The van der Waals surface area contributed by atoms with Gasteiger partial charge >= 0.3 is 0 Å². The first-order valence-electron chi connectivity index (χ1n) is 5.73. The third-order valence-corrected chi connectivity index (χ3v) is 4.13. The van der Waals surface area contributed by atoms with Crippen molar-refractivity contribution in [2.75, 3.05) is 6.61 Å². The molecule has 1 aromatic carbocycles. The highest BCUT2D eigenvalue weighted by Gasteiger charge is 2.25. The molecule has 88 valence electrons. The van der Waals surface area contributed by atoms with Gasteiger partial charge in [0.15, 0.2) is 0 Å². The van der Waals surface area contributed by atoms with Crippen LogP contribution in [0.5, 0.6) is 0 Å². The molecule has 1 aliphatic rings. The minimum absolute atomic E-state index is 0.00861. The smallest absolute Gasteiger partial charge is 0.0768 e. The SMILES string of the molecule is Cc1cc(C(N)C2CCCO2)c(C)cc1Br. The van der Waals surface area contributed by atoms with E-state index in [1.807, 2.05) is 0 Å². The third-order valence-electron chi connectivity index (χ3n) is 3.27. The summed E-state index contributed by atoms with van der Waals surface area (Å²) in [6, 6.07) is 4.32. The van der Waals surface area contributed by atoms with Gasteiger partial charge in [-0.15, -0.1) is 0 Å². The molecule has 3 heteroatoms. The maximum absolute atomic E-state index is 6.28. The Kier molecular flexibility index (Phi) is 3.67. The van der Waals surface area contributed by atoms with E-state index in [1.54, 1.807) is 0 Å². The Hall–Kier alpha value is -0.380. The van der Waals surface area contributed by atoms with Gasteiger partial charge in [0.25, 0.3) is 0 Å². The van der Waals surface area contributed by atoms with Crippen LogP contribution >= 0.6 is 15.9 Å². The quantitative estimate of drug-likeness (QED) is 0.904. The zero-order chi connectivity index (χ0) is 11.7. The van der Waals surface area contributed by atoms with Gasteiger partial charge in [-0.05, 0) is 49.4 Å². The number of nitrogens with two attached hydrogens (primary N) is 1. The van der Waals surface area contributed by atoms with E-state index in [9.17, 15) is 0 Å². The average molecular weight is 284 g/mol. The van der Waals surface area contributed by atoms with E-state index in [4.69, 9.17) is 10.5 Å². The topological polar surface area (TPSA) is 35.2 Å². The Balaban J connectivity index is 2.28. The summed E-state index contributed by atoms with van der Waals surface area (Å²) in [4.78, 5) is 0. The second-order valence-electron chi connectivity index (χ2n) is 4.54. The number of aryl methyl sites for hydroxylation is 2. The molecule has 0 radical (unpaired) electrons. The van der Waals surface area contributed by atoms with E-state index in [0.717, 1.165) is 23.9 Å². The summed E-state index contributed by atoms with van der Waals surface area (Å²) >= 11 is 3.54. The predicted molar refractivity (Wildman–Crippen MR) is 69.5 cm³/mol. The average Bonchev–Trinajstić information content (AvgIpc) is 2.75. The molecule has 1 aromatic rings. The largest absolute Gasteiger partial charge is 0.376 e. The van der Waals surface area contributed by atoms with E-state index in [1.165, 1.54) is 16.7 Å². The highest BCUT2D eigenvalue weighted by molar-refractivity contribution is 9.10.